The van der Waals surface area contributed by atoms with Crippen molar-refractivity contribution in [3.8, 4) is 0 Å². The Hall–Kier alpha value is -1.39. The van der Waals surface area contributed by atoms with E-state index in [0.29, 0.717) is 10.6 Å². The van der Waals surface area contributed by atoms with E-state index in [4.69, 9.17) is 5.73 Å². The van der Waals surface area contributed by atoms with Crippen LogP contribution in [0.15, 0.2) is 41.3 Å². The number of benzene rings is 2. The summed E-state index contributed by atoms with van der Waals surface area (Å²) in [5.41, 5.74) is 9.58. The molecule has 0 aromatic heterocycles. The quantitative estimate of drug-likeness (QED) is 0.847. The molecule has 0 bridgehead atoms. The standard InChI is InChI=1S/C16H17F2NS/c1-10-5-11(2)7-12(6-10)16(19)9-20-13-3-4-14(17)15(18)8-13/h3-8,16H,9,19H2,1-2H3. The maximum atomic E-state index is 13.1. The minimum atomic E-state index is -0.826. The molecule has 0 heterocycles. The first-order chi connectivity index (χ1) is 9.45. The maximum Gasteiger partial charge on any atom is 0.159 e. The molecule has 0 radical (unpaired) electrons. The highest BCUT2D eigenvalue weighted by Gasteiger charge is 2.09. The lowest BCUT2D eigenvalue weighted by atomic mass is 10.0. The van der Waals surface area contributed by atoms with E-state index in [9.17, 15) is 8.78 Å². The monoisotopic (exact) mass is 293 g/mol. The highest BCUT2D eigenvalue weighted by atomic mass is 32.2. The molecular formula is C16H17F2NS. The van der Waals surface area contributed by atoms with E-state index in [1.54, 1.807) is 6.07 Å². The molecule has 0 spiro atoms. The molecule has 2 aromatic rings. The summed E-state index contributed by atoms with van der Waals surface area (Å²) in [4.78, 5) is 0.684. The Morgan fingerprint density at radius 1 is 1.00 bits per heavy atom. The fourth-order valence-electron chi connectivity index (χ4n) is 2.07. The van der Waals surface area contributed by atoms with Crippen LogP contribution in [0.3, 0.4) is 0 Å². The van der Waals surface area contributed by atoms with Crippen molar-refractivity contribution in [3.63, 3.8) is 0 Å². The molecule has 0 aliphatic carbocycles. The molecule has 2 N–H and O–H groups in total. The second-order valence-electron chi connectivity index (χ2n) is 4.91. The second-order valence-corrected chi connectivity index (χ2v) is 6.01. The van der Waals surface area contributed by atoms with Gasteiger partial charge in [0.25, 0.3) is 0 Å². The van der Waals surface area contributed by atoms with Crippen molar-refractivity contribution in [2.75, 3.05) is 5.75 Å². The van der Waals surface area contributed by atoms with Crippen LogP contribution >= 0.6 is 11.8 Å². The largest absolute Gasteiger partial charge is 0.323 e. The van der Waals surface area contributed by atoms with E-state index in [1.807, 2.05) is 13.8 Å². The number of halogens is 2. The fraction of sp³-hybridized carbons (Fsp3) is 0.250. The van der Waals surface area contributed by atoms with E-state index in [2.05, 4.69) is 18.2 Å². The highest BCUT2D eigenvalue weighted by molar-refractivity contribution is 7.99. The zero-order chi connectivity index (χ0) is 14.7. The van der Waals surface area contributed by atoms with Crippen molar-refractivity contribution in [2.45, 2.75) is 24.8 Å². The first kappa shape index (κ1) is 15.0. The smallest absolute Gasteiger partial charge is 0.159 e. The SMILES string of the molecule is Cc1cc(C)cc(C(N)CSc2ccc(F)c(F)c2)c1. The number of nitrogens with two attached hydrogens (primary N) is 1. The number of hydrogen-bond donors (Lipinski definition) is 1. The molecule has 0 aliphatic heterocycles. The summed E-state index contributed by atoms with van der Waals surface area (Å²) in [6.45, 7) is 4.07. The normalized spacial score (nSPS) is 12.4. The van der Waals surface area contributed by atoms with E-state index in [-0.39, 0.29) is 6.04 Å². The van der Waals surface area contributed by atoms with Gasteiger partial charge in [0.15, 0.2) is 11.6 Å². The lowest BCUT2D eigenvalue weighted by Crippen LogP contribution is -2.13. The van der Waals surface area contributed by atoms with Gasteiger partial charge in [-0.05, 0) is 37.6 Å². The third kappa shape index (κ3) is 3.81. The van der Waals surface area contributed by atoms with Crippen molar-refractivity contribution in [1.82, 2.24) is 0 Å². The van der Waals surface area contributed by atoms with Crippen molar-refractivity contribution < 1.29 is 8.78 Å². The molecule has 4 heteroatoms. The van der Waals surface area contributed by atoms with Crippen LogP contribution in [0.4, 0.5) is 8.78 Å². The van der Waals surface area contributed by atoms with E-state index >= 15 is 0 Å². The van der Waals surface area contributed by atoms with Crippen LogP contribution in [-0.4, -0.2) is 5.75 Å². The lowest BCUT2D eigenvalue weighted by Gasteiger charge is -2.13. The van der Waals surface area contributed by atoms with Crippen LogP contribution in [0, 0.1) is 25.5 Å². The molecule has 2 rings (SSSR count). The van der Waals surface area contributed by atoms with Crippen LogP contribution < -0.4 is 5.73 Å². The molecule has 106 valence electrons. The average molecular weight is 293 g/mol. The highest BCUT2D eigenvalue weighted by Crippen LogP contribution is 2.25. The first-order valence-corrected chi connectivity index (χ1v) is 7.36. The van der Waals surface area contributed by atoms with Gasteiger partial charge in [-0.1, -0.05) is 29.3 Å². The fourth-order valence-corrected chi connectivity index (χ4v) is 2.99. The van der Waals surface area contributed by atoms with Gasteiger partial charge in [0, 0.05) is 16.7 Å². The number of hydrogen-bond acceptors (Lipinski definition) is 2. The maximum absolute atomic E-state index is 13.1. The predicted molar refractivity (Wildman–Crippen MR) is 79.9 cm³/mol. The molecule has 0 aliphatic rings. The van der Waals surface area contributed by atoms with Gasteiger partial charge in [-0.15, -0.1) is 11.8 Å². The van der Waals surface area contributed by atoms with Gasteiger partial charge in [-0.3, -0.25) is 0 Å². The molecule has 0 saturated carbocycles. The van der Waals surface area contributed by atoms with Crippen LogP contribution in [-0.2, 0) is 0 Å². The van der Waals surface area contributed by atoms with Gasteiger partial charge in [-0.2, -0.15) is 0 Å². The van der Waals surface area contributed by atoms with Gasteiger partial charge >= 0.3 is 0 Å². The summed E-state index contributed by atoms with van der Waals surface area (Å²) >= 11 is 1.43. The molecule has 1 unspecified atom stereocenters. The molecule has 1 atom stereocenters. The zero-order valence-corrected chi connectivity index (χ0v) is 12.3. The molecular weight excluding hydrogens is 276 g/mol. The summed E-state index contributed by atoms with van der Waals surface area (Å²) < 4.78 is 26.0. The van der Waals surface area contributed by atoms with Crippen LogP contribution in [0.25, 0.3) is 0 Å². The van der Waals surface area contributed by atoms with Gasteiger partial charge < -0.3 is 5.73 Å². The van der Waals surface area contributed by atoms with Crippen molar-refractivity contribution in [2.24, 2.45) is 5.73 Å². The number of rotatable bonds is 4. The Balaban J connectivity index is 2.04. The minimum Gasteiger partial charge on any atom is -0.323 e. The third-order valence-electron chi connectivity index (χ3n) is 2.99. The summed E-state index contributed by atoms with van der Waals surface area (Å²) in [6.07, 6.45) is 0. The molecule has 0 fully saturated rings. The van der Waals surface area contributed by atoms with Crippen LogP contribution in [0.1, 0.15) is 22.7 Å². The average Bonchev–Trinajstić information content (AvgIpc) is 2.38. The Kier molecular flexibility index (Phi) is 4.78. The van der Waals surface area contributed by atoms with E-state index in [0.717, 1.165) is 11.6 Å². The first-order valence-electron chi connectivity index (χ1n) is 6.37. The third-order valence-corrected chi connectivity index (χ3v) is 4.11. The Morgan fingerprint density at radius 3 is 2.25 bits per heavy atom. The summed E-state index contributed by atoms with van der Waals surface area (Å²) in [7, 11) is 0. The number of aryl methyl sites for hydroxylation is 2. The molecule has 0 saturated heterocycles. The zero-order valence-electron chi connectivity index (χ0n) is 11.5. The van der Waals surface area contributed by atoms with Gasteiger partial charge in [-0.25, -0.2) is 8.78 Å². The van der Waals surface area contributed by atoms with Crippen molar-refractivity contribution in [3.05, 3.63) is 64.7 Å². The topological polar surface area (TPSA) is 26.0 Å². The Bertz CT molecular complexity index is 593. The lowest BCUT2D eigenvalue weighted by molar-refractivity contribution is 0.506. The Labute approximate surface area is 122 Å². The molecule has 1 nitrogen and oxygen atoms in total. The van der Waals surface area contributed by atoms with Crippen LogP contribution in [0.5, 0.6) is 0 Å². The van der Waals surface area contributed by atoms with Gasteiger partial charge in [0.05, 0.1) is 0 Å². The van der Waals surface area contributed by atoms with Crippen molar-refractivity contribution >= 4 is 11.8 Å². The van der Waals surface area contributed by atoms with Crippen LogP contribution in [0.2, 0.25) is 0 Å². The summed E-state index contributed by atoms with van der Waals surface area (Å²) in [6, 6.07) is 9.99. The molecule has 0 amide bonds. The Morgan fingerprint density at radius 2 is 1.65 bits per heavy atom. The van der Waals surface area contributed by atoms with Gasteiger partial charge in [0.2, 0.25) is 0 Å². The summed E-state index contributed by atoms with van der Waals surface area (Å²) in [5, 5.41) is 0. The van der Waals surface area contributed by atoms with Gasteiger partial charge in [0.1, 0.15) is 0 Å². The summed E-state index contributed by atoms with van der Waals surface area (Å²) in [5.74, 6) is -1.03. The van der Waals surface area contributed by atoms with E-state index < -0.39 is 11.6 Å². The second kappa shape index (κ2) is 6.37. The van der Waals surface area contributed by atoms with Crippen molar-refractivity contribution in [1.29, 1.82) is 0 Å². The predicted octanol–water partition coefficient (Wildman–Crippen LogP) is 4.37. The minimum absolute atomic E-state index is 0.133. The number of thioether (sulfide) groups is 1. The molecule has 20 heavy (non-hydrogen) atoms. The van der Waals surface area contributed by atoms with E-state index in [1.165, 1.54) is 29.0 Å². The molecule has 2 aromatic carbocycles.